The van der Waals surface area contributed by atoms with Gasteiger partial charge < -0.3 is 5.43 Å². The molecule has 19 heavy (non-hydrogen) atoms. The third-order valence-corrected chi connectivity index (χ3v) is 4.35. The fraction of sp³-hybridized carbons (Fsp3) is 0.200. The average Bonchev–Trinajstić information content (AvgIpc) is 2.81. The summed E-state index contributed by atoms with van der Waals surface area (Å²) in [6.07, 6.45) is 0. The van der Waals surface area contributed by atoms with E-state index >= 15 is 0 Å². The molecular weight excluding hydrogens is 286 g/mol. The number of nitrogen functional groups attached to an aromatic ring is 1. The first-order valence-electron chi connectivity index (χ1n) is 5.27. The van der Waals surface area contributed by atoms with Crippen LogP contribution >= 0.6 is 23.1 Å². The Morgan fingerprint density at radius 2 is 2.32 bits per heavy atom. The highest BCUT2D eigenvalue weighted by Crippen LogP contribution is 2.33. The van der Waals surface area contributed by atoms with E-state index in [0.29, 0.717) is 11.4 Å². The first kappa shape index (κ1) is 13.7. The maximum atomic E-state index is 10.9. The van der Waals surface area contributed by atoms with Gasteiger partial charge in [-0.1, -0.05) is 35.2 Å². The van der Waals surface area contributed by atoms with Crippen LogP contribution in [0.1, 0.15) is 10.6 Å². The molecule has 1 aromatic heterocycles. The number of nitrogens with zero attached hydrogens (tertiary/aromatic N) is 3. The molecule has 0 amide bonds. The first-order valence-corrected chi connectivity index (χ1v) is 7.08. The van der Waals surface area contributed by atoms with Crippen molar-refractivity contribution in [2.75, 3.05) is 5.43 Å². The monoisotopic (exact) mass is 297 g/mol. The Kier molecular flexibility index (Phi) is 4.30. The second-order valence-electron chi connectivity index (χ2n) is 3.59. The number of anilines is 1. The maximum Gasteiger partial charge on any atom is 0.293 e. The second-order valence-corrected chi connectivity index (χ2v) is 5.99. The lowest BCUT2D eigenvalue weighted by atomic mass is 10.2. The van der Waals surface area contributed by atoms with Gasteiger partial charge in [0.25, 0.3) is 5.69 Å². The summed E-state index contributed by atoms with van der Waals surface area (Å²) >= 11 is 2.96. The van der Waals surface area contributed by atoms with Crippen LogP contribution in [0.15, 0.2) is 22.5 Å². The van der Waals surface area contributed by atoms with Gasteiger partial charge in [0.2, 0.25) is 0 Å². The molecule has 1 heterocycles. The van der Waals surface area contributed by atoms with E-state index in [4.69, 9.17) is 5.84 Å². The highest BCUT2D eigenvalue weighted by atomic mass is 32.2. The summed E-state index contributed by atoms with van der Waals surface area (Å²) in [7, 11) is 0. The quantitative estimate of drug-likeness (QED) is 0.377. The summed E-state index contributed by atoms with van der Waals surface area (Å²) in [6.45, 7) is 1.88. The van der Waals surface area contributed by atoms with Gasteiger partial charge in [-0.2, -0.15) is 0 Å². The number of para-hydroxylation sites is 1. The molecule has 0 aliphatic heterocycles. The Labute approximate surface area is 117 Å². The molecule has 0 atom stereocenters. The molecule has 0 saturated carbocycles. The van der Waals surface area contributed by atoms with E-state index in [1.807, 2.05) is 6.92 Å². The molecule has 100 valence electrons. The van der Waals surface area contributed by atoms with E-state index in [2.05, 4.69) is 15.6 Å². The number of rotatable bonds is 5. The largest absolute Gasteiger partial charge is 0.318 e. The zero-order valence-corrected chi connectivity index (χ0v) is 11.6. The number of aryl methyl sites for hydroxylation is 1. The van der Waals surface area contributed by atoms with Crippen LogP contribution in [-0.4, -0.2) is 15.1 Å². The van der Waals surface area contributed by atoms with Gasteiger partial charge in [-0.25, -0.2) is 0 Å². The number of nitrogens with one attached hydrogen (secondary N) is 1. The molecule has 0 fully saturated rings. The summed E-state index contributed by atoms with van der Waals surface area (Å²) in [5, 5.41) is 19.7. The van der Waals surface area contributed by atoms with E-state index in [0.717, 1.165) is 14.9 Å². The van der Waals surface area contributed by atoms with Crippen LogP contribution in [-0.2, 0) is 5.75 Å². The number of hydrogen-bond donors (Lipinski definition) is 2. The van der Waals surface area contributed by atoms with Crippen molar-refractivity contribution in [2.45, 2.75) is 17.0 Å². The molecule has 2 rings (SSSR count). The number of benzene rings is 1. The molecule has 0 saturated heterocycles. The molecule has 9 heteroatoms. The van der Waals surface area contributed by atoms with Crippen molar-refractivity contribution in [3.8, 4) is 0 Å². The number of nitro benzene ring substituents is 1. The summed E-state index contributed by atoms with van der Waals surface area (Å²) in [4.78, 5) is 10.4. The maximum absolute atomic E-state index is 10.9. The number of aromatic nitrogens is 2. The molecule has 0 spiro atoms. The second kappa shape index (κ2) is 5.95. The average molecular weight is 297 g/mol. The highest BCUT2D eigenvalue weighted by Gasteiger charge is 2.16. The lowest BCUT2D eigenvalue weighted by Gasteiger charge is -2.07. The van der Waals surface area contributed by atoms with E-state index in [1.54, 1.807) is 12.1 Å². The highest BCUT2D eigenvalue weighted by molar-refractivity contribution is 8.00. The first-order chi connectivity index (χ1) is 9.11. The van der Waals surface area contributed by atoms with Crippen molar-refractivity contribution in [1.29, 1.82) is 0 Å². The minimum Gasteiger partial charge on any atom is -0.318 e. The van der Waals surface area contributed by atoms with Crippen LogP contribution in [0.2, 0.25) is 0 Å². The van der Waals surface area contributed by atoms with Gasteiger partial charge >= 0.3 is 0 Å². The Bertz CT molecular complexity index is 601. The lowest BCUT2D eigenvalue weighted by Crippen LogP contribution is -2.11. The van der Waals surface area contributed by atoms with Crippen LogP contribution in [0.4, 0.5) is 11.4 Å². The number of thioether (sulfide) groups is 1. The SMILES string of the molecule is Cc1nnc(SCc2cccc([N+](=O)[O-])c2NN)s1. The molecule has 0 aliphatic rings. The van der Waals surface area contributed by atoms with Crippen LogP contribution in [0.25, 0.3) is 0 Å². The van der Waals surface area contributed by atoms with Crippen LogP contribution in [0.5, 0.6) is 0 Å². The Hall–Kier alpha value is -1.71. The zero-order valence-electron chi connectivity index (χ0n) is 9.99. The Balaban J connectivity index is 2.20. The van der Waals surface area contributed by atoms with Crippen LogP contribution in [0.3, 0.4) is 0 Å². The van der Waals surface area contributed by atoms with Gasteiger partial charge in [0, 0.05) is 11.8 Å². The molecule has 0 unspecified atom stereocenters. The number of nitro groups is 1. The van der Waals surface area contributed by atoms with E-state index < -0.39 is 4.92 Å². The van der Waals surface area contributed by atoms with E-state index in [-0.39, 0.29) is 5.69 Å². The van der Waals surface area contributed by atoms with Gasteiger partial charge in [-0.05, 0) is 12.5 Å². The number of hydrogen-bond acceptors (Lipinski definition) is 8. The van der Waals surface area contributed by atoms with Crippen molar-refractivity contribution in [3.05, 3.63) is 38.9 Å². The van der Waals surface area contributed by atoms with E-state index in [9.17, 15) is 10.1 Å². The Morgan fingerprint density at radius 3 is 2.89 bits per heavy atom. The zero-order chi connectivity index (χ0) is 13.8. The third kappa shape index (κ3) is 3.19. The normalized spacial score (nSPS) is 10.4. The summed E-state index contributed by atoms with van der Waals surface area (Å²) in [5.74, 6) is 5.91. The van der Waals surface area contributed by atoms with Crippen LogP contribution in [0, 0.1) is 17.0 Å². The summed E-state index contributed by atoms with van der Waals surface area (Å²) < 4.78 is 0.826. The summed E-state index contributed by atoms with van der Waals surface area (Å²) in [5.41, 5.74) is 3.46. The topological polar surface area (TPSA) is 107 Å². The minimum atomic E-state index is -0.460. The smallest absolute Gasteiger partial charge is 0.293 e. The minimum absolute atomic E-state index is 0.0333. The van der Waals surface area contributed by atoms with Crippen molar-refractivity contribution in [3.63, 3.8) is 0 Å². The number of hydrazine groups is 1. The summed E-state index contributed by atoms with van der Waals surface area (Å²) in [6, 6.07) is 4.85. The van der Waals surface area contributed by atoms with Gasteiger partial charge in [0.1, 0.15) is 10.7 Å². The standard InChI is InChI=1S/C10H11N5O2S2/c1-6-13-14-10(19-6)18-5-7-3-2-4-8(15(16)17)9(7)12-11/h2-4,12H,5,11H2,1H3. The molecule has 2 aromatic rings. The molecule has 3 N–H and O–H groups in total. The van der Waals surface area contributed by atoms with Crippen molar-refractivity contribution in [1.82, 2.24) is 10.2 Å². The Morgan fingerprint density at radius 1 is 1.53 bits per heavy atom. The van der Waals surface area contributed by atoms with Crippen molar-refractivity contribution >= 4 is 34.5 Å². The predicted molar refractivity (Wildman–Crippen MR) is 75.1 cm³/mol. The molecule has 1 aromatic carbocycles. The van der Waals surface area contributed by atoms with Crippen molar-refractivity contribution < 1.29 is 4.92 Å². The molecular formula is C10H11N5O2S2. The van der Waals surface area contributed by atoms with Crippen molar-refractivity contribution in [2.24, 2.45) is 5.84 Å². The van der Waals surface area contributed by atoms with Crippen LogP contribution < -0.4 is 11.3 Å². The van der Waals surface area contributed by atoms with Gasteiger partial charge in [0.15, 0.2) is 4.34 Å². The number of nitrogens with two attached hydrogens (primary N) is 1. The third-order valence-electron chi connectivity index (χ3n) is 2.33. The molecule has 0 bridgehead atoms. The van der Waals surface area contributed by atoms with Gasteiger partial charge in [-0.15, -0.1) is 10.2 Å². The van der Waals surface area contributed by atoms with Gasteiger partial charge in [0.05, 0.1) is 4.92 Å². The fourth-order valence-corrected chi connectivity index (χ4v) is 3.31. The molecule has 0 radical (unpaired) electrons. The lowest BCUT2D eigenvalue weighted by molar-refractivity contribution is -0.384. The van der Waals surface area contributed by atoms with Gasteiger partial charge in [-0.3, -0.25) is 16.0 Å². The fourth-order valence-electron chi connectivity index (χ4n) is 1.50. The molecule has 7 nitrogen and oxygen atoms in total. The predicted octanol–water partition coefficient (Wildman–Crippen LogP) is 2.33. The molecule has 0 aliphatic carbocycles. The van der Waals surface area contributed by atoms with E-state index in [1.165, 1.54) is 29.2 Å².